The van der Waals surface area contributed by atoms with Crippen molar-refractivity contribution < 1.29 is 18.0 Å². The SMILES string of the molecule is Cc1nc2ccccn2c1C(=O)NNC(=O)c1ccc(NS(=O)(=O)c2ccccc2)cc1. The molecule has 0 saturated carbocycles. The first-order valence-corrected chi connectivity index (χ1v) is 11.1. The number of hydrazine groups is 1. The molecule has 0 bridgehead atoms. The van der Waals surface area contributed by atoms with Crippen LogP contribution in [0, 0.1) is 6.92 Å². The number of anilines is 1. The quantitative estimate of drug-likeness (QED) is 0.404. The molecule has 32 heavy (non-hydrogen) atoms. The number of aromatic nitrogens is 2. The molecule has 2 aromatic heterocycles. The van der Waals surface area contributed by atoms with E-state index in [0.717, 1.165) is 0 Å². The van der Waals surface area contributed by atoms with Crippen molar-refractivity contribution in [1.29, 1.82) is 0 Å². The average molecular weight is 449 g/mol. The van der Waals surface area contributed by atoms with Crippen molar-refractivity contribution in [3.63, 3.8) is 0 Å². The van der Waals surface area contributed by atoms with Crippen LogP contribution in [0.2, 0.25) is 0 Å². The molecule has 0 aliphatic heterocycles. The highest BCUT2D eigenvalue weighted by Crippen LogP contribution is 2.16. The van der Waals surface area contributed by atoms with Crippen molar-refractivity contribution in [2.24, 2.45) is 0 Å². The lowest BCUT2D eigenvalue weighted by Crippen LogP contribution is -2.42. The van der Waals surface area contributed by atoms with E-state index in [1.54, 1.807) is 47.9 Å². The number of rotatable bonds is 5. The van der Waals surface area contributed by atoms with Gasteiger partial charge in [-0.05, 0) is 55.5 Å². The van der Waals surface area contributed by atoms with Gasteiger partial charge in [0, 0.05) is 17.4 Å². The molecule has 3 N–H and O–H groups in total. The second-order valence-electron chi connectivity index (χ2n) is 6.88. The zero-order valence-electron chi connectivity index (χ0n) is 16.9. The van der Waals surface area contributed by atoms with Crippen molar-refractivity contribution in [3.05, 3.63) is 95.9 Å². The Balaban J connectivity index is 1.41. The fourth-order valence-electron chi connectivity index (χ4n) is 3.14. The second-order valence-corrected chi connectivity index (χ2v) is 8.56. The van der Waals surface area contributed by atoms with E-state index >= 15 is 0 Å². The Labute approximate surface area is 184 Å². The summed E-state index contributed by atoms with van der Waals surface area (Å²) >= 11 is 0. The van der Waals surface area contributed by atoms with Crippen LogP contribution in [0.1, 0.15) is 26.5 Å². The Bertz CT molecular complexity index is 1400. The number of hydrogen-bond acceptors (Lipinski definition) is 5. The molecule has 0 unspecified atom stereocenters. The van der Waals surface area contributed by atoms with E-state index in [0.29, 0.717) is 22.7 Å². The summed E-state index contributed by atoms with van der Waals surface area (Å²) in [7, 11) is -3.73. The predicted octanol–water partition coefficient (Wildman–Crippen LogP) is 2.52. The van der Waals surface area contributed by atoms with E-state index < -0.39 is 21.8 Å². The monoisotopic (exact) mass is 449 g/mol. The Morgan fingerprint density at radius 2 is 1.50 bits per heavy atom. The highest BCUT2D eigenvalue weighted by Gasteiger charge is 2.18. The highest BCUT2D eigenvalue weighted by molar-refractivity contribution is 7.92. The molecule has 2 aromatic carbocycles. The third-order valence-electron chi connectivity index (χ3n) is 4.66. The first-order chi connectivity index (χ1) is 15.3. The molecule has 10 heteroatoms. The van der Waals surface area contributed by atoms with Crippen molar-refractivity contribution in [2.45, 2.75) is 11.8 Å². The van der Waals surface area contributed by atoms with Crippen LogP contribution in [0.4, 0.5) is 5.69 Å². The Morgan fingerprint density at radius 1 is 0.844 bits per heavy atom. The van der Waals surface area contributed by atoms with Gasteiger partial charge in [0.25, 0.3) is 21.8 Å². The summed E-state index contributed by atoms with van der Waals surface area (Å²) in [5.41, 5.74) is 6.73. The van der Waals surface area contributed by atoms with Crippen LogP contribution in [0.15, 0.2) is 83.9 Å². The zero-order valence-corrected chi connectivity index (χ0v) is 17.8. The molecular formula is C22H19N5O4S. The third kappa shape index (κ3) is 4.30. The second kappa shape index (κ2) is 8.52. The smallest absolute Gasteiger partial charge is 0.288 e. The van der Waals surface area contributed by atoms with Gasteiger partial charge in [0.15, 0.2) is 0 Å². The first kappa shape index (κ1) is 21.1. The van der Waals surface area contributed by atoms with E-state index in [2.05, 4.69) is 20.6 Å². The summed E-state index contributed by atoms with van der Waals surface area (Å²) in [5, 5.41) is 0. The lowest BCUT2D eigenvalue weighted by molar-refractivity contribution is 0.0843. The molecule has 2 amide bonds. The van der Waals surface area contributed by atoms with E-state index in [4.69, 9.17) is 0 Å². The molecule has 0 aliphatic rings. The molecule has 0 fully saturated rings. The maximum atomic E-state index is 12.6. The number of sulfonamides is 1. The van der Waals surface area contributed by atoms with Crippen LogP contribution in [-0.4, -0.2) is 29.6 Å². The number of carbonyl (C=O) groups excluding carboxylic acids is 2. The van der Waals surface area contributed by atoms with Crippen molar-refractivity contribution in [3.8, 4) is 0 Å². The van der Waals surface area contributed by atoms with Gasteiger partial charge >= 0.3 is 0 Å². The highest BCUT2D eigenvalue weighted by atomic mass is 32.2. The maximum Gasteiger partial charge on any atom is 0.288 e. The predicted molar refractivity (Wildman–Crippen MR) is 119 cm³/mol. The van der Waals surface area contributed by atoms with Crippen molar-refractivity contribution >= 4 is 33.2 Å². The van der Waals surface area contributed by atoms with Gasteiger partial charge in [0.05, 0.1) is 10.6 Å². The maximum absolute atomic E-state index is 12.6. The summed E-state index contributed by atoms with van der Waals surface area (Å²) < 4.78 is 28.9. The molecule has 0 aliphatic carbocycles. The number of imidazole rings is 1. The summed E-state index contributed by atoms with van der Waals surface area (Å²) in [6.45, 7) is 1.71. The largest absolute Gasteiger partial charge is 0.295 e. The van der Waals surface area contributed by atoms with E-state index in [1.165, 1.54) is 36.4 Å². The van der Waals surface area contributed by atoms with Crippen molar-refractivity contribution in [1.82, 2.24) is 20.2 Å². The fourth-order valence-corrected chi connectivity index (χ4v) is 4.22. The molecule has 9 nitrogen and oxygen atoms in total. The number of fused-ring (bicyclic) bond motifs is 1. The number of nitrogens with zero attached hydrogens (tertiary/aromatic N) is 2. The summed E-state index contributed by atoms with van der Waals surface area (Å²) in [6, 6.07) is 19.1. The van der Waals surface area contributed by atoms with Gasteiger partial charge in [-0.15, -0.1) is 0 Å². The number of aryl methyl sites for hydroxylation is 1. The number of hydrogen-bond donors (Lipinski definition) is 3. The molecule has 162 valence electrons. The number of pyridine rings is 1. The zero-order chi connectivity index (χ0) is 22.7. The Kier molecular flexibility index (Phi) is 5.61. The van der Waals surface area contributed by atoms with Crippen LogP contribution in [-0.2, 0) is 10.0 Å². The van der Waals surface area contributed by atoms with Gasteiger partial charge in [0.1, 0.15) is 11.3 Å². The van der Waals surface area contributed by atoms with Crippen LogP contribution in [0.25, 0.3) is 5.65 Å². The minimum absolute atomic E-state index is 0.132. The fraction of sp³-hybridized carbons (Fsp3) is 0.0455. The summed E-state index contributed by atoms with van der Waals surface area (Å²) in [6.07, 6.45) is 1.71. The molecule has 0 radical (unpaired) electrons. The molecule has 4 aromatic rings. The van der Waals surface area contributed by atoms with Crippen LogP contribution < -0.4 is 15.6 Å². The molecular weight excluding hydrogens is 430 g/mol. The molecule has 0 saturated heterocycles. The number of benzene rings is 2. The number of carbonyl (C=O) groups is 2. The van der Waals surface area contributed by atoms with Gasteiger partial charge in [-0.25, -0.2) is 13.4 Å². The molecule has 2 heterocycles. The average Bonchev–Trinajstić information content (AvgIpc) is 3.14. The van der Waals surface area contributed by atoms with Gasteiger partial charge < -0.3 is 0 Å². The van der Waals surface area contributed by atoms with E-state index in [1.807, 2.05) is 6.07 Å². The van der Waals surface area contributed by atoms with Crippen LogP contribution in [0.5, 0.6) is 0 Å². The summed E-state index contributed by atoms with van der Waals surface area (Å²) in [5.74, 6) is -1.07. The third-order valence-corrected chi connectivity index (χ3v) is 6.06. The number of nitrogens with one attached hydrogen (secondary N) is 3. The van der Waals surface area contributed by atoms with Gasteiger partial charge in [-0.3, -0.25) is 29.6 Å². The minimum Gasteiger partial charge on any atom is -0.295 e. The minimum atomic E-state index is -3.73. The topological polar surface area (TPSA) is 122 Å². The molecule has 4 rings (SSSR count). The molecule has 0 spiro atoms. The Morgan fingerprint density at radius 3 is 2.22 bits per heavy atom. The molecule has 0 atom stereocenters. The lowest BCUT2D eigenvalue weighted by atomic mass is 10.2. The van der Waals surface area contributed by atoms with Gasteiger partial charge in [-0.2, -0.15) is 0 Å². The van der Waals surface area contributed by atoms with Crippen LogP contribution >= 0.6 is 0 Å². The Hall–Kier alpha value is -4.18. The standard InChI is InChI=1S/C22H19N5O4S/c1-15-20(27-14-6-5-9-19(27)23-15)22(29)25-24-21(28)16-10-12-17(13-11-16)26-32(30,31)18-7-3-2-4-8-18/h2-14,26H,1H3,(H,24,28)(H,25,29). The van der Waals surface area contributed by atoms with Gasteiger partial charge in [-0.1, -0.05) is 24.3 Å². The first-order valence-electron chi connectivity index (χ1n) is 9.57. The number of amides is 2. The van der Waals surface area contributed by atoms with E-state index in [-0.39, 0.29) is 10.5 Å². The summed E-state index contributed by atoms with van der Waals surface area (Å²) in [4.78, 5) is 29.4. The normalized spacial score (nSPS) is 11.2. The lowest BCUT2D eigenvalue weighted by Gasteiger charge is -2.10. The van der Waals surface area contributed by atoms with Gasteiger partial charge in [0.2, 0.25) is 0 Å². The van der Waals surface area contributed by atoms with E-state index in [9.17, 15) is 18.0 Å². The van der Waals surface area contributed by atoms with Crippen molar-refractivity contribution in [2.75, 3.05) is 4.72 Å². The van der Waals surface area contributed by atoms with Crippen LogP contribution in [0.3, 0.4) is 0 Å².